The van der Waals surface area contributed by atoms with Gasteiger partial charge in [0.2, 0.25) is 6.29 Å². The number of carbonyl (C=O) groups is 2. The molecule has 166 valence electrons. The van der Waals surface area contributed by atoms with Crippen molar-refractivity contribution < 1.29 is 38.5 Å². The molecular weight excluding hydrogens is 410 g/mol. The highest BCUT2D eigenvalue weighted by molar-refractivity contribution is 5.86. The highest BCUT2D eigenvalue weighted by Crippen LogP contribution is 2.25. The van der Waals surface area contributed by atoms with Crippen molar-refractivity contribution in [2.24, 2.45) is 0 Å². The summed E-state index contributed by atoms with van der Waals surface area (Å²) in [6, 6.07) is 11.4. The second-order valence-electron chi connectivity index (χ2n) is 6.37. The van der Waals surface area contributed by atoms with E-state index in [0.717, 1.165) is 22.1 Å². The summed E-state index contributed by atoms with van der Waals surface area (Å²) < 4.78 is 19.6. The van der Waals surface area contributed by atoms with Crippen LogP contribution >= 0.6 is 0 Å². The van der Waals surface area contributed by atoms with Gasteiger partial charge in [-0.2, -0.15) is 0 Å². The third-order valence-corrected chi connectivity index (χ3v) is 4.21. The van der Waals surface area contributed by atoms with Crippen LogP contribution in [0.15, 0.2) is 48.6 Å². The van der Waals surface area contributed by atoms with Crippen LogP contribution in [0.1, 0.15) is 25.3 Å². The van der Waals surface area contributed by atoms with Crippen molar-refractivity contribution in [2.45, 2.75) is 26.1 Å². The van der Waals surface area contributed by atoms with Crippen LogP contribution in [0, 0.1) is 10.1 Å². The monoisotopic (exact) mass is 433 g/mol. The highest BCUT2D eigenvalue weighted by Gasteiger charge is 2.17. The molecule has 0 aliphatic carbocycles. The topological polar surface area (TPSA) is 123 Å². The number of carbonyl (C=O) groups excluding carboxylic acids is 2. The number of hydrogen-bond acceptors (Lipinski definition) is 9. The minimum absolute atomic E-state index is 0.00675. The summed E-state index contributed by atoms with van der Waals surface area (Å²) in [5.74, 6) is -0.103. The van der Waals surface area contributed by atoms with E-state index < -0.39 is 29.4 Å². The van der Waals surface area contributed by atoms with E-state index in [0.29, 0.717) is 0 Å². The number of esters is 1. The lowest BCUT2D eigenvalue weighted by Crippen LogP contribution is -2.21. The number of benzene rings is 2. The molecule has 10 heteroatoms. The lowest BCUT2D eigenvalue weighted by atomic mass is 9.98. The molecule has 10 nitrogen and oxygen atoms in total. The van der Waals surface area contributed by atoms with Crippen molar-refractivity contribution in [1.82, 2.24) is 0 Å². The smallest absolute Gasteiger partial charge is 0.497 e. The van der Waals surface area contributed by atoms with Gasteiger partial charge < -0.3 is 18.9 Å². The standard InChI is InChI=1S/C21H23NO9/c1-14(16-6-7-18-13-19(27-3)9-8-17(18)12-16)20(23)28-10-4-5-11-29-21(24)30-15(2)31-22(25)26/h4-9,12-15H,10-11H2,1-3H3/t14-,15?/m0/s1. The fraction of sp³-hybridized carbons (Fsp3) is 0.333. The number of nitrogens with zero attached hydrogens (tertiary/aromatic N) is 1. The zero-order valence-electron chi connectivity index (χ0n) is 17.3. The predicted octanol–water partition coefficient (Wildman–Crippen LogP) is 3.76. The van der Waals surface area contributed by atoms with Crippen LogP contribution < -0.4 is 4.74 Å². The zero-order valence-corrected chi connectivity index (χ0v) is 17.3. The van der Waals surface area contributed by atoms with Crippen LogP contribution in [0.2, 0.25) is 0 Å². The molecule has 31 heavy (non-hydrogen) atoms. The maximum atomic E-state index is 12.3. The molecule has 2 atom stereocenters. The summed E-state index contributed by atoms with van der Waals surface area (Å²) in [7, 11) is 1.61. The predicted molar refractivity (Wildman–Crippen MR) is 109 cm³/mol. The molecule has 0 N–H and O–H groups in total. The number of ether oxygens (including phenoxy) is 4. The number of hydrogen-bond donors (Lipinski definition) is 0. The Labute approximate surface area is 178 Å². The summed E-state index contributed by atoms with van der Waals surface area (Å²) in [6.45, 7) is 2.76. The fourth-order valence-electron chi connectivity index (χ4n) is 2.59. The Morgan fingerprint density at radius 3 is 2.35 bits per heavy atom. The van der Waals surface area contributed by atoms with Crippen LogP contribution in [0.25, 0.3) is 10.8 Å². The Morgan fingerprint density at radius 1 is 1.03 bits per heavy atom. The van der Waals surface area contributed by atoms with E-state index in [1.54, 1.807) is 14.0 Å². The first-order valence-electron chi connectivity index (χ1n) is 9.34. The summed E-state index contributed by atoms with van der Waals surface area (Å²) in [5, 5.41) is 11.0. The molecule has 2 rings (SSSR count). The summed E-state index contributed by atoms with van der Waals surface area (Å²) in [6.07, 6.45) is 0.438. The first-order valence-corrected chi connectivity index (χ1v) is 9.34. The minimum atomic E-state index is -1.38. The lowest BCUT2D eigenvalue weighted by Gasteiger charge is -2.12. The second-order valence-corrected chi connectivity index (χ2v) is 6.37. The van der Waals surface area contributed by atoms with Crippen molar-refractivity contribution in [2.75, 3.05) is 20.3 Å². The van der Waals surface area contributed by atoms with E-state index in [1.165, 1.54) is 19.1 Å². The first-order chi connectivity index (χ1) is 14.8. The summed E-state index contributed by atoms with van der Waals surface area (Å²) in [4.78, 5) is 37.7. The van der Waals surface area contributed by atoms with Gasteiger partial charge in [-0.25, -0.2) is 4.79 Å². The van der Waals surface area contributed by atoms with Gasteiger partial charge in [-0.05, 0) is 54.5 Å². The van der Waals surface area contributed by atoms with Gasteiger partial charge in [0.15, 0.2) is 0 Å². The third-order valence-electron chi connectivity index (χ3n) is 4.21. The molecule has 0 aliphatic rings. The van der Waals surface area contributed by atoms with Gasteiger partial charge in [0.05, 0.1) is 13.0 Å². The minimum Gasteiger partial charge on any atom is -0.497 e. The zero-order chi connectivity index (χ0) is 22.8. The van der Waals surface area contributed by atoms with Gasteiger partial charge in [-0.3, -0.25) is 9.63 Å². The molecule has 1 unspecified atom stereocenters. The summed E-state index contributed by atoms with van der Waals surface area (Å²) in [5.41, 5.74) is 0.823. The Kier molecular flexibility index (Phi) is 8.62. The van der Waals surface area contributed by atoms with Crippen molar-refractivity contribution in [1.29, 1.82) is 0 Å². The second kappa shape index (κ2) is 11.4. The molecule has 0 aliphatic heterocycles. The van der Waals surface area contributed by atoms with E-state index in [4.69, 9.17) is 9.47 Å². The van der Waals surface area contributed by atoms with Crippen molar-refractivity contribution in [3.63, 3.8) is 0 Å². The molecule has 0 amide bonds. The van der Waals surface area contributed by atoms with Gasteiger partial charge in [0.1, 0.15) is 19.0 Å². The normalized spacial score (nSPS) is 12.7. The lowest BCUT2D eigenvalue weighted by molar-refractivity contribution is -0.777. The highest BCUT2D eigenvalue weighted by atomic mass is 17.0. The van der Waals surface area contributed by atoms with E-state index in [9.17, 15) is 19.7 Å². The van der Waals surface area contributed by atoms with Crippen molar-refractivity contribution >= 4 is 22.9 Å². The number of rotatable bonds is 10. The molecule has 0 bridgehead atoms. The summed E-state index contributed by atoms with van der Waals surface area (Å²) >= 11 is 0. The number of methoxy groups -OCH3 is 1. The Morgan fingerprint density at radius 2 is 1.68 bits per heavy atom. The SMILES string of the molecule is COc1ccc2cc([C@H](C)C(=O)OCC=CCOC(=O)OC(C)O[N+](=O)[O-])ccc2c1. The molecule has 0 fully saturated rings. The maximum Gasteiger partial charge on any atom is 0.510 e. The quantitative estimate of drug-likeness (QED) is 0.181. The van der Waals surface area contributed by atoms with E-state index in [-0.39, 0.29) is 13.2 Å². The van der Waals surface area contributed by atoms with Crippen LogP contribution in [0.3, 0.4) is 0 Å². The molecule has 2 aromatic carbocycles. The van der Waals surface area contributed by atoms with Gasteiger partial charge >= 0.3 is 12.1 Å². The molecular formula is C21H23NO9. The van der Waals surface area contributed by atoms with Crippen molar-refractivity contribution in [3.8, 4) is 5.75 Å². The van der Waals surface area contributed by atoms with E-state index in [2.05, 4.69) is 14.3 Å². The molecule has 2 aromatic rings. The number of fused-ring (bicyclic) bond motifs is 1. The molecule has 0 spiro atoms. The average molecular weight is 433 g/mol. The van der Waals surface area contributed by atoms with Gasteiger partial charge in [0, 0.05) is 0 Å². The first kappa shape index (κ1) is 23.5. The largest absolute Gasteiger partial charge is 0.510 e. The third kappa shape index (κ3) is 7.50. The van der Waals surface area contributed by atoms with Gasteiger partial charge in [0.25, 0.3) is 5.09 Å². The Balaban J connectivity index is 1.76. The molecule has 0 aromatic heterocycles. The Hall–Kier alpha value is -3.82. The van der Waals surface area contributed by atoms with Crippen LogP contribution in [0.4, 0.5) is 4.79 Å². The Bertz CT molecular complexity index is 957. The molecule has 0 heterocycles. The molecule has 0 saturated heterocycles. The molecule has 0 radical (unpaired) electrons. The maximum absolute atomic E-state index is 12.3. The van der Waals surface area contributed by atoms with Crippen molar-refractivity contribution in [3.05, 3.63) is 64.2 Å². The van der Waals surface area contributed by atoms with E-state index >= 15 is 0 Å². The van der Waals surface area contributed by atoms with Gasteiger partial charge in [-0.15, -0.1) is 10.1 Å². The van der Waals surface area contributed by atoms with Crippen LogP contribution in [-0.4, -0.2) is 43.8 Å². The molecule has 0 saturated carbocycles. The van der Waals surface area contributed by atoms with Gasteiger partial charge in [-0.1, -0.05) is 24.3 Å². The van der Waals surface area contributed by atoms with Crippen LogP contribution in [0.5, 0.6) is 5.75 Å². The van der Waals surface area contributed by atoms with E-state index in [1.807, 2.05) is 36.4 Å². The van der Waals surface area contributed by atoms with Crippen LogP contribution in [-0.2, 0) is 23.8 Å². The fourth-order valence-corrected chi connectivity index (χ4v) is 2.59. The average Bonchev–Trinajstić information content (AvgIpc) is 2.73.